The van der Waals surface area contributed by atoms with E-state index in [1.165, 1.54) is 23.9 Å². The summed E-state index contributed by atoms with van der Waals surface area (Å²) in [5, 5.41) is 0. The molecular weight excluding hydrogens is 273 g/mol. The minimum Gasteiger partial charge on any atom is -0.399 e. The molecule has 2 nitrogen and oxygen atoms in total. The van der Waals surface area contributed by atoms with Crippen molar-refractivity contribution in [2.75, 3.05) is 31.1 Å². The lowest BCUT2D eigenvalue weighted by Gasteiger charge is -2.18. The maximum absolute atomic E-state index is 12.9. The van der Waals surface area contributed by atoms with Crippen molar-refractivity contribution in [2.24, 2.45) is 0 Å². The highest BCUT2D eigenvalue weighted by Gasteiger charge is 2.33. The minimum atomic E-state index is -4.35. The first-order valence-electron chi connectivity index (χ1n) is 6.20. The zero-order valence-electron chi connectivity index (χ0n) is 11.1. The third-order valence-electron chi connectivity index (χ3n) is 2.87. The van der Waals surface area contributed by atoms with E-state index in [0.29, 0.717) is 5.75 Å². The molecule has 0 atom stereocenters. The van der Waals surface area contributed by atoms with Crippen molar-refractivity contribution in [3.8, 4) is 0 Å². The van der Waals surface area contributed by atoms with Gasteiger partial charge in [0.15, 0.2) is 0 Å². The van der Waals surface area contributed by atoms with Gasteiger partial charge in [-0.3, -0.25) is 0 Å². The molecule has 0 bridgehead atoms. The van der Waals surface area contributed by atoms with Gasteiger partial charge in [-0.1, -0.05) is 13.8 Å². The molecule has 0 aliphatic rings. The molecule has 19 heavy (non-hydrogen) atoms. The second-order valence-electron chi connectivity index (χ2n) is 4.13. The summed E-state index contributed by atoms with van der Waals surface area (Å²) in [6.07, 6.45) is -4.35. The molecule has 0 spiro atoms. The van der Waals surface area contributed by atoms with Crippen LogP contribution >= 0.6 is 11.8 Å². The summed E-state index contributed by atoms with van der Waals surface area (Å²) >= 11 is 1.22. The zero-order valence-corrected chi connectivity index (χ0v) is 11.9. The summed E-state index contributed by atoms with van der Waals surface area (Å²) in [7, 11) is 0. The normalized spacial score (nSPS) is 12.1. The molecule has 0 amide bonds. The molecule has 0 fully saturated rings. The molecule has 1 aromatic rings. The number of hydrogen-bond acceptors (Lipinski definition) is 3. The first-order chi connectivity index (χ1) is 8.88. The van der Waals surface area contributed by atoms with Crippen LogP contribution in [0.15, 0.2) is 23.1 Å². The number of alkyl halides is 3. The predicted molar refractivity (Wildman–Crippen MR) is 74.4 cm³/mol. The molecule has 6 heteroatoms. The lowest BCUT2D eigenvalue weighted by atomic mass is 10.2. The van der Waals surface area contributed by atoms with Crippen LogP contribution < -0.4 is 5.73 Å². The van der Waals surface area contributed by atoms with Crippen LogP contribution in [0.25, 0.3) is 0 Å². The van der Waals surface area contributed by atoms with Crippen molar-refractivity contribution in [1.29, 1.82) is 0 Å². The number of rotatable bonds is 6. The van der Waals surface area contributed by atoms with Gasteiger partial charge in [-0.25, -0.2) is 0 Å². The average molecular weight is 292 g/mol. The van der Waals surface area contributed by atoms with Gasteiger partial charge in [-0.15, -0.1) is 11.8 Å². The summed E-state index contributed by atoms with van der Waals surface area (Å²) in [6, 6.07) is 3.96. The summed E-state index contributed by atoms with van der Waals surface area (Å²) in [5.74, 6) is 0.634. The van der Waals surface area contributed by atoms with Gasteiger partial charge in [-0.2, -0.15) is 13.2 Å². The molecule has 0 saturated heterocycles. The number of hydrogen-bond donors (Lipinski definition) is 1. The Balaban J connectivity index is 2.73. The van der Waals surface area contributed by atoms with E-state index >= 15 is 0 Å². The topological polar surface area (TPSA) is 29.3 Å². The predicted octanol–water partition coefficient (Wildman–Crippen LogP) is 3.72. The first-order valence-corrected chi connectivity index (χ1v) is 7.18. The third kappa shape index (κ3) is 4.95. The number of benzene rings is 1. The van der Waals surface area contributed by atoms with Crippen molar-refractivity contribution in [3.05, 3.63) is 23.8 Å². The van der Waals surface area contributed by atoms with E-state index in [4.69, 9.17) is 5.73 Å². The Morgan fingerprint density at radius 1 is 1.21 bits per heavy atom. The molecule has 0 heterocycles. The van der Waals surface area contributed by atoms with Crippen molar-refractivity contribution in [1.82, 2.24) is 4.90 Å². The molecule has 2 N–H and O–H groups in total. The fourth-order valence-electron chi connectivity index (χ4n) is 1.72. The van der Waals surface area contributed by atoms with Crippen LogP contribution in [-0.4, -0.2) is 30.3 Å². The Kier molecular flexibility index (Phi) is 6.00. The highest BCUT2D eigenvalue weighted by atomic mass is 32.2. The van der Waals surface area contributed by atoms with Gasteiger partial charge in [0.1, 0.15) is 0 Å². The minimum absolute atomic E-state index is 0.139. The number of halogens is 3. The number of anilines is 1. The summed E-state index contributed by atoms with van der Waals surface area (Å²) in [5.41, 5.74) is 4.92. The van der Waals surface area contributed by atoms with Gasteiger partial charge >= 0.3 is 6.18 Å². The average Bonchev–Trinajstić information content (AvgIpc) is 2.35. The Morgan fingerprint density at radius 2 is 1.84 bits per heavy atom. The SMILES string of the molecule is CCN(CC)CCSc1ccc(N)cc1C(F)(F)F. The van der Waals surface area contributed by atoms with Gasteiger partial charge in [0.25, 0.3) is 0 Å². The lowest BCUT2D eigenvalue weighted by Crippen LogP contribution is -2.25. The third-order valence-corrected chi connectivity index (χ3v) is 3.92. The van der Waals surface area contributed by atoms with E-state index in [9.17, 15) is 13.2 Å². The van der Waals surface area contributed by atoms with Gasteiger partial charge < -0.3 is 10.6 Å². The van der Waals surface area contributed by atoms with E-state index in [0.717, 1.165) is 25.7 Å². The van der Waals surface area contributed by atoms with Crippen molar-refractivity contribution >= 4 is 17.4 Å². The van der Waals surface area contributed by atoms with Crippen molar-refractivity contribution in [3.63, 3.8) is 0 Å². The lowest BCUT2D eigenvalue weighted by molar-refractivity contribution is -0.139. The smallest absolute Gasteiger partial charge is 0.399 e. The Labute approximate surface area is 116 Å². The molecule has 1 rings (SSSR count). The van der Waals surface area contributed by atoms with Crippen LogP contribution in [0.2, 0.25) is 0 Å². The Hall–Kier alpha value is -0.880. The molecule has 0 saturated carbocycles. The van der Waals surface area contributed by atoms with Crippen LogP contribution in [0.3, 0.4) is 0 Å². The summed E-state index contributed by atoms with van der Waals surface area (Å²) < 4.78 is 38.6. The summed E-state index contributed by atoms with van der Waals surface area (Å²) in [6.45, 7) is 6.67. The highest BCUT2D eigenvalue weighted by Crippen LogP contribution is 2.37. The van der Waals surface area contributed by atoms with Crippen LogP contribution in [0.4, 0.5) is 18.9 Å². The van der Waals surface area contributed by atoms with Gasteiger partial charge in [0.05, 0.1) is 5.56 Å². The van der Waals surface area contributed by atoms with Gasteiger partial charge in [-0.05, 0) is 31.3 Å². The molecule has 0 aromatic heterocycles. The molecule has 0 radical (unpaired) electrons. The second kappa shape index (κ2) is 7.05. The first kappa shape index (κ1) is 16.2. The largest absolute Gasteiger partial charge is 0.417 e. The summed E-state index contributed by atoms with van der Waals surface area (Å²) in [4.78, 5) is 2.42. The Bertz CT molecular complexity index is 403. The molecule has 0 aliphatic heterocycles. The van der Waals surface area contributed by atoms with E-state index < -0.39 is 11.7 Å². The van der Waals surface area contributed by atoms with Crippen LogP contribution in [0.1, 0.15) is 19.4 Å². The molecule has 0 aliphatic carbocycles. The van der Waals surface area contributed by atoms with E-state index in [1.807, 2.05) is 13.8 Å². The maximum atomic E-state index is 12.9. The number of nitrogens with two attached hydrogens (primary N) is 1. The second-order valence-corrected chi connectivity index (χ2v) is 5.27. The highest BCUT2D eigenvalue weighted by molar-refractivity contribution is 7.99. The molecular formula is C13H19F3N2S. The van der Waals surface area contributed by atoms with Crippen LogP contribution in [0.5, 0.6) is 0 Å². The number of nitrogen functional groups attached to an aromatic ring is 1. The zero-order chi connectivity index (χ0) is 14.5. The fraction of sp³-hybridized carbons (Fsp3) is 0.538. The molecule has 1 aromatic carbocycles. The van der Waals surface area contributed by atoms with Gasteiger partial charge in [0.2, 0.25) is 0 Å². The molecule has 108 valence electrons. The van der Waals surface area contributed by atoms with Crippen LogP contribution in [-0.2, 0) is 6.18 Å². The van der Waals surface area contributed by atoms with Crippen molar-refractivity contribution in [2.45, 2.75) is 24.9 Å². The quantitative estimate of drug-likeness (QED) is 0.640. The van der Waals surface area contributed by atoms with E-state index in [2.05, 4.69) is 4.90 Å². The standard InChI is InChI=1S/C13H19F3N2S/c1-3-18(4-2)7-8-19-12-6-5-10(17)9-11(12)13(14,15)16/h5-6,9H,3-4,7-8,17H2,1-2H3. The number of nitrogens with zero attached hydrogens (tertiary/aromatic N) is 1. The Morgan fingerprint density at radius 3 is 2.37 bits per heavy atom. The maximum Gasteiger partial charge on any atom is 0.417 e. The monoisotopic (exact) mass is 292 g/mol. The fourth-order valence-corrected chi connectivity index (χ4v) is 2.78. The van der Waals surface area contributed by atoms with Crippen molar-refractivity contribution < 1.29 is 13.2 Å². The van der Waals surface area contributed by atoms with E-state index in [1.54, 1.807) is 0 Å². The molecule has 0 unspecified atom stereocenters. The van der Waals surface area contributed by atoms with Crippen LogP contribution in [0, 0.1) is 0 Å². The number of thioether (sulfide) groups is 1. The van der Waals surface area contributed by atoms with Gasteiger partial charge in [0, 0.05) is 22.9 Å². The van der Waals surface area contributed by atoms with E-state index in [-0.39, 0.29) is 10.6 Å².